The molecule has 1 aromatic rings. The highest BCUT2D eigenvalue weighted by Gasteiger charge is 2.15. The van der Waals surface area contributed by atoms with Gasteiger partial charge < -0.3 is 15.0 Å². The lowest BCUT2D eigenvalue weighted by molar-refractivity contribution is -0.144. The Morgan fingerprint density at radius 2 is 2.29 bits per heavy atom. The van der Waals surface area contributed by atoms with Crippen LogP contribution in [0.25, 0.3) is 0 Å². The molecule has 0 amide bonds. The van der Waals surface area contributed by atoms with Crippen LogP contribution in [0.3, 0.4) is 0 Å². The van der Waals surface area contributed by atoms with E-state index in [1.54, 1.807) is 18.4 Å². The van der Waals surface area contributed by atoms with E-state index in [2.05, 4.69) is 15.3 Å². The number of guanidine groups is 1. The summed E-state index contributed by atoms with van der Waals surface area (Å²) in [5.41, 5.74) is 1.01. The summed E-state index contributed by atoms with van der Waals surface area (Å²) >= 11 is 1.63. The van der Waals surface area contributed by atoms with Gasteiger partial charge in [-0.25, -0.2) is 4.98 Å². The molecule has 6 nitrogen and oxygen atoms in total. The molecule has 1 atom stereocenters. The Bertz CT molecular complexity index is 478. The van der Waals surface area contributed by atoms with Crippen LogP contribution in [0.15, 0.2) is 10.4 Å². The number of hydrogen-bond donors (Lipinski definition) is 1. The summed E-state index contributed by atoms with van der Waals surface area (Å²) in [6.45, 7) is 4.96. The van der Waals surface area contributed by atoms with Crippen molar-refractivity contribution < 1.29 is 9.53 Å². The summed E-state index contributed by atoms with van der Waals surface area (Å²) < 4.78 is 4.70. The Balaban J connectivity index is 0.00000400. The van der Waals surface area contributed by atoms with Crippen LogP contribution in [0.5, 0.6) is 0 Å². The molecule has 0 fully saturated rings. The van der Waals surface area contributed by atoms with Crippen molar-refractivity contribution >= 4 is 47.2 Å². The third kappa shape index (κ3) is 6.60. The molecular weight excluding hydrogens is 403 g/mol. The molecule has 0 radical (unpaired) electrons. The molecule has 120 valence electrons. The first kappa shape index (κ1) is 20.1. The van der Waals surface area contributed by atoms with E-state index in [-0.39, 0.29) is 35.9 Å². The maximum atomic E-state index is 11.4. The van der Waals surface area contributed by atoms with E-state index in [4.69, 9.17) is 4.74 Å². The summed E-state index contributed by atoms with van der Waals surface area (Å²) in [4.78, 5) is 21.9. The van der Waals surface area contributed by atoms with Gasteiger partial charge in [-0.05, 0) is 6.92 Å². The van der Waals surface area contributed by atoms with E-state index in [0.717, 1.165) is 16.7 Å². The van der Waals surface area contributed by atoms with Crippen molar-refractivity contribution in [2.75, 3.05) is 27.7 Å². The number of rotatable bonds is 5. The fourth-order valence-electron chi connectivity index (χ4n) is 1.71. The zero-order valence-corrected chi connectivity index (χ0v) is 16.2. The summed E-state index contributed by atoms with van der Waals surface area (Å²) in [5, 5.41) is 6.25. The lowest BCUT2D eigenvalue weighted by Crippen LogP contribution is -2.41. The SMILES string of the molecule is CN=C(NCC(C)C(=O)OC)N(C)Cc1csc(C)n1.I. The quantitative estimate of drug-likeness (QED) is 0.337. The van der Waals surface area contributed by atoms with Crippen molar-refractivity contribution in [1.82, 2.24) is 15.2 Å². The van der Waals surface area contributed by atoms with E-state index < -0.39 is 0 Å². The topological polar surface area (TPSA) is 66.8 Å². The van der Waals surface area contributed by atoms with Gasteiger partial charge in [0.1, 0.15) is 0 Å². The molecule has 1 unspecified atom stereocenters. The lowest BCUT2D eigenvalue weighted by atomic mass is 10.2. The predicted octanol–water partition coefficient (Wildman–Crippen LogP) is 1.89. The second-order valence-corrected chi connectivity index (χ2v) is 5.63. The van der Waals surface area contributed by atoms with Crippen LogP contribution < -0.4 is 5.32 Å². The number of hydrogen-bond acceptors (Lipinski definition) is 5. The van der Waals surface area contributed by atoms with Crippen LogP contribution >= 0.6 is 35.3 Å². The minimum atomic E-state index is -0.231. The highest BCUT2D eigenvalue weighted by molar-refractivity contribution is 14.0. The summed E-state index contributed by atoms with van der Waals surface area (Å²) in [7, 11) is 5.05. The van der Waals surface area contributed by atoms with Crippen LogP contribution in [-0.4, -0.2) is 49.6 Å². The van der Waals surface area contributed by atoms with Crippen molar-refractivity contribution in [2.24, 2.45) is 10.9 Å². The van der Waals surface area contributed by atoms with Gasteiger partial charge in [0.15, 0.2) is 5.96 Å². The monoisotopic (exact) mass is 426 g/mol. The van der Waals surface area contributed by atoms with Crippen LogP contribution in [-0.2, 0) is 16.1 Å². The number of aromatic nitrogens is 1. The number of carbonyl (C=O) groups is 1. The number of nitrogens with one attached hydrogen (secondary N) is 1. The molecule has 0 bridgehead atoms. The third-order valence-corrected chi connectivity index (χ3v) is 3.63. The zero-order chi connectivity index (χ0) is 15.1. The molecule has 0 saturated heterocycles. The largest absolute Gasteiger partial charge is 0.469 e. The van der Waals surface area contributed by atoms with Crippen LogP contribution in [0.1, 0.15) is 17.6 Å². The third-order valence-electron chi connectivity index (χ3n) is 2.81. The van der Waals surface area contributed by atoms with Crippen LogP contribution in [0, 0.1) is 12.8 Å². The standard InChI is InChI=1S/C13H22N4O2S.HI/c1-9(12(18)19-5)6-15-13(14-3)17(4)7-11-8-20-10(2)16-11;/h8-9H,6-7H2,1-5H3,(H,14,15);1H. The van der Waals surface area contributed by atoms with Gasteiger partial charge in [0, 0.05) is 26.0 Å². The highest BCUT2D eigenvalue weighted by Crippen LogP contribution is 2.09. The number of carbonyl (C=O) groups excluding carboxylic acids is 1. The minimum Gasteiger partial charge on any atom is -0.469 e. The van der Waals surface area contributed by atoms with Gasteiger partial charge in [0.05, 0.1) is 30.3 Å². The Hall–Kier alpha value is -0.900. The van der Waals surface area contributed by atoms with E-state index in [1.165, 1.54) is 7.11 Å². The maximum absolute atomic E-state index is 11.4. The van der Waals surface area contributed by atoms with Crippen molar-refractivity contribution in [1.29, 1.82) is 0 Å². The van der Waals surface area contributed by atoms with Gasteiger partial charge in [-0.2, -0.15) is 0 Å². The normalized spacial score (nSPS) is 12.3. The first-order valence-corrected chi connectivity index (χ1v) is 7.26. The number of aliphatic imine (C=N–C) groups is 1. The molecule has 0 aliphatic rings. The second kappa shape index (κ2) is 9.93. The van der Waals surface area contributed by atoms with E-state index in [9.17, 15) is 4.79 Å². The average molecular weight is 426 g/mol. The van der Waals surface area contributed by atoms with Gasteiger partial charge in [-0.15, -0.1) is 35.3 Å². The molecule has 0 aliphatic heterocycles. The average Bonchev–Trinajstić information content (AvgIpc) is 2.83. The van der Waals surface area contributed by atoms with E-state index in [0.29, 0.717) is 13.1 Å². The number of ether oxygens (including phenoxy) is 1. The Kier molecular flexibility index (Phi) is 9.51. The van der Waals surface area contributed by atoms with Crippen molar-refractivity contribution in [3.8, 4) is 0 Å². The number of halogens is 1. The fourth-order valence-corrected chi connectivity index (χ4v) is 2.32. The molecule has 0 aromatic carbocycles. The Morgan fingerprint density at radius 3 is 2.76 bits per heavy atom. The first-order valence-electron chi connectivity index (χ1n) is 6.38. The minimum absolute atomic E-state index is 0. The summed E-state index contributed by atoms with van der Waals surface area (Å²) in [6, 6.07) is 0. The Labute approximate surface area is 147 Å². The van der Waals surface area contributed by atoms with Crippen LogP contribution in [0.4, 0.5) is 0 Å². The van der Waals surface area contributed by atoms with Gasteiger partial charge in [-0.3, -0.25) is 9.79 Å². The number of esters is 1. The molecule has 1 heterocycles. The summed E-state index contributed by atoms with van der Waals surface area (Å²) in [5.74, 6) is 0.281. The van der Waals surface area contributed by atoms with Gasteiger partial charge in [0.2, 0.25) is 0 Å². The number of thiazole rings is 1. The van der Waals surface area contributed by atoms with Crippen molar-refractivity contribution in [3.63, 3.8) is 0 Å². The zero-order valence-electron chi connectivity index (χ0n) is 13.0. The molecule has 21 heavy (non-hydrogen) atoms. The maximum Gasteiger partial charge on any atom is 0.310 e. The van der Waals surface area contributed by atoms with Gasteiger partial charge in [-0.1, -0.05) is 6.92 Å². The van der Waals surface area contributed by atoms with E-state index in [1.807, 2.05) is 31.2 Å². The lowest BCUT2D eigenvalue weighted by Gasteiger charge is -2.22. The summed E-state index contributed by atoms with van der Waals surface area (Å²) in [6.07, 6.45) is 0. The molecule has 0 aliphatic carbocycles. The molecular formula is C13H23IN4O2S. The number of aryl methyl sites for hydroxylation is 1. The molecule has 1 aromatic heterocycles. The fraction of sp³-hybridized carbons (Fsp3) is 0.615. The molecule has 1 rings (SSSR count). The molecule has 0 spiro atoms. The number of methoxy groups -OCH3 is 1. The second-order valence-electron chi connectivity index (χ2n) is 4.57. The van der Waals surface area contributed by atoms with Gasteiger partial charge >= 0.3 is 5.97 Å². The van der Waals surface area contributed by atoms with E-state index >= 15 is 0 Å². The smallest absolute Gasteiger partial charge is 0.310 e. The highest BCUT2D eigenvalue weighted by atomic mass is 127. The van der Waals surface area contributed by atoms with Crippen molar-refractivity contribution in [3.05, 3.63) is 16.1 Å². The van der Waals surface area contributed by atoms with Gasteiger partial charge in [0.25, 0.3) is 0 Å². The molecule has 1 N–H and O–H groups in total. The van der Waals surface area contributed by atoms with Crippen molar-refractivity contribution in [2.45, 2.75) is 20.4 Å². The van der Waals surface area contributed by atoms with Crippen LogP contribution in [0.2, 0.25) is 0 Å². The predicted molar refractivity (Wildman–Crippen MR) is 96.3 cm³/mol. The molecule has 0 saturated carbocycles. The first-order chi connectivity index (χ1) is 9.47. The molecule has 8 heteroatoms. The Morgan fingerprint density at radius 1 is 1.62 bits per heavy atom. The number of nitrogens with zero attached hydrogens (tertiary/aromatic N) is 3.